The van der Waals surface area contributed by atoms with Crippen molar-refractivity contribution < 1.29 is 0 Å². The summed E-state index contributed by atoms with van der Waals surface area (Å²) in [5.41, 5.74) is 10.9. The molecule has 0 radical (unpaired) electrons. The second kappa shape index (κ2) is 5.41. The van der Waals surface area contributed by atoms with Crippen LogP contribution in [0.4, 0.5) is 0 Å². The van der Waals surface area contributed by atoms with Gasteiger partial charge < -0.3 is 10.7 Å². The van der Waals surface area contributed by atoms with Crippen LogP contribution in [0.1, 0.15) is 48.6 Å². The van der Waals surface area contributed by atoms with Gasteiger partial charge in [-0.15, -0.1) is 0 Å². The number of aryl methyl sites for hydroxylation is 2. The van der Waals surface area contributed by atoms with Gasteiger partial charge in [0.2, 0.25) is 0 Å². The van der Waals surface area contributed by atoms with E-state index in [1.807, 2.05) is 6.20 Å². The topological polar surface area (TPSA) is 54.7 Å². The second-order valence-corrected chi connectivity index (χ2v) is 6.17. The first-order chi connectivity index (χ1) is 9.61. The summed E-state index contributed by atoms with van der Waals surface area (Å²) < 4.78 is 0. The van der Waals surface area contributed by atoms with Gasteiger partial charge >= 0.3 is 0 Å². The van der Waals surface area contributed by atoms with E-state index in [9.17, 15) is 0 Å². The van der Waals surface area contributed by atoms with Crippen LogP contribution in [0.3, 0.4) is 0 Å². The van der Waals surface area contributed by atoms with Crippen molar-refractivity contribution in [2.24, 2.45) is 5.73 Å². The Morgan fingerprint density at radius 1 is 1.05 bits per heavy atom. The molecule has 3 nitrogen and oxygen atoms in total. The molecule has 1 aromatic carbocycles. The van der Waals surface area contributed by atoms with Crippen LogP contribution in [0.15, 0.2) is 24.4 Å². The molecule has 1 aliphatic carbocycles. The van der Waals surface area contributed by atoms with E-state index in [1.165, 1.54) is 16.7 Å². The summed E-state index contributed by atoms with van der Waals surface area (Å²) >= 11 is 0. The van der Waals surface area contributed by atoms with Gasteiger partial charge in [0.15, 0.2) is 0 Å². The quantitative estimate of drug-likeness (QED) is 0.873. The highest BCUT2D eigenvalue weighted by Crippen LogP contribution is 2.31. The van der Waals surface area contributed by atoms with Crippen molar-refractivity contribution in [2.75, 3.05) is 0 Å². The lowest BCUT2D eigenvalue weighted by molar-refractivity contribution is 0.386. The molecule has 0 saturated heterocycles. The Kier molecular flexibility index (Phi) is 3.62. The standard InChI is InChI=1S/C17H23N3/c1-11-7-12(2)9-14(8-11)16-10-19-17(20-16)13-3-5-15(18)6-4-13/h7-10,13,15H,3-6,18H2,1-2H3,(H,19,20). The van der Waals surface area contributed by atoms with Crippen LogP contribution in [0.5, 0.6) is 0 Å². The van der Waals surface area contributed by atoms with Crippen LogP contribution in [0, 0.1) is 13.8 Å². The minimum Gasteiger partial charge on any atom is -0.342 e. The first-order valence-corrected chi connectivity index (χ1v) is 7.51. The molecule has 1 fully saturated rings. The molecule has 1 heterocycles. The molecule has 0 unspecified atom stereocenters. The van der Waals surface area contributed by atoms with Crippen LogP contribution in [-0.2, 0) is 0 Å². The smallest absolute Gasteiger partial charge is 0.109 e. The summed E-state index contributed by atoms with van der Waals surface area (Å²) in [6, 6.07) is 7.01. The minimum absolute atomic E-state index is 0.389. The monoisotopic (exact) mass is 269 g/mol. The second-order valence-electron chi connectivity index (χ2n) is 6.17. The zero-order valence-corrected chi connectivity index (χ0v) is 12.3. The molecular weight excluding hydrogens is 246 g/mol. The average molecular weight is 269 g/mol. The first kappa shape index (κ1) is 13.4. The van der Waals surface area contributed by atoms with Gasteiger partial charge in [-0.05, 0) is 51.7 Å². The highest BCUT2D eigenvalue weighted by molar-refractivity contribution is 5.60. The maximum atomic E-state index is 5.97. The Labute approximate surface area is 120 Å². The Hall–Kier alpha value is -1.61. The lowest BCUT2D eigenvalue weighted by Gasteiger charge is -2.24. The van der Waals surface area contributed by atoms with Crippen molar-refractivity contribution in [3.8, 4) is 11.3 Å². The van der Waals surface area contributed by atoms with Crippen molar-refractivity contribution in [2.45, 2.75) is 51.5 Å². The van der Waals surface area contributed by atoms with E-state index in [-0.39, 0.29) is 0 Å². The summed E-state index contributed by atoms with van der Waals surface area (Å²) in [5.74, 6) is 1.68. The predicted octanol–water partition coefficient (Wildman–Crippen LogP) is 3.68. The maximum Gasteiger partial charge on any atom is 0.109 e. The number of nitrogens with zero attached hydrogens (tertiary/aromatic N) is 1. The summed E-state index contributed by atoms with van der Waals surface area (Å²) in [7, 11) is 0. The van der Waals surface area contributed by atoms with Gasteiger partial charge in [0.25, 0.3) is 0 Å². The zero-order valence-electron chi connectivity index (χ0n) is 12.3. The average Bonchev–Trinajstić information content (AvgIpc) is 2.88. The van der Waals surface area contributed by atoms with Gasteiger partial charge in [0.05, 0.1) is 11.9 Å². The summed E-state index contributed by atoms with van der Waals surface area (Å²) in [6.45, 7) is 4.27. The number of benzene rings is 1. The number of hydrogen-bond acceptors (Lipinski definition) is 2. The van der Waals surface area contributed by atoms with E-state index in [2.05, 4.69) is 42.0 Å². The summed E-state index contributed by atoms with van der Waals surface area (Å²) in [4.78, 5) is 8.12. The molecular formula is C17H23N3. The molecule has 1 saturated carbocycles. The molecule has 1 aliphatic rings. The van der Waals surface area contributed by atoms with Crippen LogP contribution < -0.4 is 5.73 Å². The van der Waals surface area contributed by atoms with Crippen molar-refractivity contribution in [1.29, 1.82) is 0 Å². The van der Waals surface area contributed by atoms with E-state index in [1.54, 1.807) is 0 Å². The fourth-order valence-electron chi connectivity index (χ4n) is 3.21. The van der Waals surface area contributed by atoms with Crippen molar-refractivity contribution in [3.63, 3.8) is 0 Å². The molecule has 3 rings (SSSR count). The van der Waals surface area contributed by atoms with Gasteiger partial charge in [0, 0.05) is 17.5 Å². The number of hydrogen-bond donors (Lipinski definition) is 2. The molecule has 0 atom stereocenters. The van der Waals surface area contributed by atoms with Crippen molar-refractivity contribution >= 4 is 0 Å². The lowest BCUT2D eigenvalue weighted by Crippen LogP contribution is -2.26. The number of imidazole rings is 1. The third-order valence-corrected chi connectivity index (χ3v) is 4.29. The van der Waals surface area contributed by atoms with Crippen molar-refractivity contribution in [3.05, 3.63) is 41.3 Å². The van der Waals surface area contributed by atoms with E-state index in [4.69, 9.17) is 5.73 Å². The molecule has 106 valence electrons. The molecule has 2 aromatic rings. The summed E-state index contributed by atoms with van der Waals surface area (Å²) in [5, 5.41) is 0. The Balaban J connectivity index is 1.83. The molecule has 20 heavy (non-hydrogen) atoms. The van der Waals surface area contributed by atoms with Crippen LogP contribution in [0.2, 0.25) is 0 Å². The normalized spacial score (nSPS) is 22.9. The highest BCUT2D eigenvalue weighted by Gasteiger charge is 2.22. The van der Waals surface area contributed by atoms with E-state index >= 15 is 0 Å². The Bertz CT molecular complexity index is 572. The number of nitrogens with two attached hydrogens (primary N) is 1. The fraction of sp³-hybridized carbons (Fsp3) is 0.471. The zero-order chi connectivity index (χ0) is 14.1. The molecule has 0 spiro atoms. The molecule has 0 aliphatic heterocycles. The third kappa shape index (κ3) is 2.78. The molecule has 0 bridgehead atoms. The molecule has 3 N–H and O–H groups in total. The van der Waals surface area contributed by atoms with Crippen LogP contribution >= 0.6 is 0 Å². The van der Waals surface area contributed by atoms with E-state index in [0.717, 1.165) is 37.2 Å². The van der Waals surface area contributed by atoms with Gasteiger partial charge in [-0.3, -0.25) is 0 Å². The number of aromatic nitrogens is 2. The largest absolute Gasteiger partial charge is 0.342 e. The Morgan fingerprint density at radius 3 is 2.35 bits per heavy atom. The SMILES string of the molecule is Cc1cc(C)cc(-c2cnc(C3CCC(N)CC3)[nH]2)c1. The number of nitrogens with one attached hydrogen (secondary N) is 1. The van der Waals surface area contributed by atoms with Gasteiger partial charge in [0.1, 0.15) is 5.82 Å². The van der Waals surface area contributed by atoms with E-state index in [0.29, 0.717) is 12.0 Å². The molecule has 3 heteroatoms. The highest BCUT2D eigenvalue weighted by atomic mass is 14.9. The first-order valence-electron chi connectivity index (χ1n) is 7.51. The third-order valence-electron chi connectivity index (χ3n) is 4.29. The number of H-pyrrole nitrogens is 1. The maximum absolute atomic E-state index is 5.97. The van der Waals surface area contributed by atoms with Gasteiger partial charge in [-0.1, -0.05) is 17.2 Å². The molecule has 1 aromatic heterocycles. The van der Waals surface area contributed by atoms with Gasteiger partial charge in [-0.2, -0.15) is 0 Å². The molecule has 0 amide bonds. The van der Waals surface area contributed by atoms with Crippen LogP contribution in [-0.4, -0.2) is 16.0 Å². The van der Waals surface area contributed by atoms with Crippen LogP contribution in [0.25, 0.3) is 11.3 Å². The lowest BCUT2D eigenvalue weighted by atomic mass is 9.86. The predicted molar refractivity (Wildman–Crippen MR) is 82.7 cm³/mol. The number of rotatable bonds is 2. The Morgan fingerprint density at radius 2 is 1.70 bits per heavy atom. The number of aromatic amines is 1. The minimum atomic E-state index is 0.389. The van der Waals surface area contributed by atoms with Crippen molar-refractivity contribution in [1.82, 2.24) is 9.97 Å². The van der Waals surface area contributed by atoms with Gasteiger partial charge in [-0.25, -0.2) is 4.98 Å². The van der Waals surface area contributed by atoms with E-state index < -0.39 is 0 Å². The summed E-state index contributed by atoms with van der Waals surface area (Å²) in [6.07, 6.45) is 6.51. The fourth-order valence-corrected chi connectivity index (χ4v) is 3.21.